The number of phosphoric ester groups is 2. The van der Waals surface area contributed by atoms with Crippen molar-refractivity contribution < 1.29 is 57.9 Å². The highest BCUT2D eigenvalue weighted by Gasteiger charge is 2.30. The molecule has 3 atom stereocenters. The van der Waals surface area contributed by atoms with Crippen LogP contribution in [0.2, 0.25) is 0 Å². The molecule has 0 amide bonds. The highest BCUT2D eigenvalue weighted by atomic mass is 31.2. The second kappa shape index (κ2) is 7.69. The average molecular weight is 336 g/mol. The van der Waals surface area contributed by atoms with E-state index in [0.29, 0.717) is 0 Å². The zero-order valence-electron chi connectivity index (χ0n) is 9.56. The van der Waals surface area contributed by atoms with Crippen LogP contribution in [0.3, 0.4) is 0 Å². The maximum Gasteiger partial charge on any atom is 0.189 e. The van der Waals surface area contributed by atoms with Crippen LogP contribution >= 0.6 is 15.6 Å². The van der Waals surface area contributed by atoms with Crippen LogP contribution in [0.25, 0.3) is 0 Å². The molecule has 0 aromatic carbocycles. The van der Waals surface area contributed by atoms with Crippen molar-refractivity contribution in [2.24, 2.45) is 0 Å². The zero-order chi connectivity index (χ0) is 16.1. The third kappa shape index (κ3) is 8.84. The van der Waals surface area contributed by atoms with Gasteiger partial charge in [-0.1, -0.05) is 0 Å². The standard InChI is InChI=1S/C6H14O12P2/c7-3(1-17-19(11,12)13)5(9)6(10)4(8)2-18-20(14,15)16/h3,5-7,9-10H,1-2H2,(H2,11,12,13)(H2,14,15,16)/p-4. The smallest absolute Gasteiger partial charge is 0.189 e. The molecule has 0 aromatic heterocycles. The molecular weight excluding hydrogens is 326 g/mol. The molecule has 0 spiro atoms. The normalized spacial score (nSPS) is 17.6. The summed E-state index contributed by atoms with van der Waals surface area (Å²) in [6, 6.07) is 0. The second-order valence-electron chi connectivity index (χ2n) is 3.43. The maximum absolute atomic E-state index is 11.1. The zero-order valence-corrected chi connectivity index (χ0v) is 11.3. The number of rotatable bonds is 9. The van der Waals surface area contributed by atoms with Gasteiger partial charge in [0.05, 0.1) is 22.3 Å². The highest BCUT2D eigenvalue weighted by molar-refractivity contribution is 7.43. The van der Waals surface area contributed by atoms with Crippen LogP contribution in [0.1, 0.15) is 0 Å². The van der Waals surface area contributed by atoms with Crippen molar-refractivity contribution in [1.82, 2.24) is 0 Å². The summed E-state index contributed by atoms with van der Waals surface area (Å²) in [5.74, 6) is -1.48. The summed E-state index contributed by atoms with van der Waals surface area (Å²) in [7, 11) is -10.9. The Bertz CT molecular complexity index is 410. The minimum atomic E-state index is -5.47. The van der Waals surface area contributed by atoms with Crippen molar-refractivity contribution in [2.75, 3.05) is 13.2 Å². The van der Waals surface area contributed by atoms with E-state index in [4.69, 9.17) is 10.2 Å². The molecule has 14 heteroatoms. The number of hydrogen-bond donors (Lipinski definition) is 3. The van der Waals surface area contributed by atoms with E-state index in [-0.39, 0.29) is 0 Å². The van der Waals surface area contributed by atoms with Crippen molar-refractivity contribution in [3.63, 3.8) is 0 Å². The van der Waals surface area contributed by atoms with Gasteiger partial charge in [0.25, 0.3) is 0 Å². The van der Waals surface area contributed by atoms with Crippen LogP contribution in [-0.2, 0) is 23.0 Å². The lowest BCUT2D eigenvalue weighted by Gasteiger charge is -2.31. The van der Waals surface area contributed by atoms with Crippen LogP contribution in [0.5, 0.6) is 0 Å². The van der Waals surface area contributed by atoms with Gasteiger partial charge in [0.1, 0.15) is 24.9 Å². The van der Waals surface area contributed by atoms with Crippen LogP contribution in [-0.4, -0.2) is 52.6 Å². The fourth-order valence-electron chi connectivity index (χ4n) is 0.895. The van der Waals surface area contributed by atoms with Crippen LogP contribution in [0.4, 0.5) is 0 Å². The molecule has 0 fully saturated rings. The van der Waals surface area contributed by atoms with Gasteiger partial charge >= 0.3 is 0 Å². The Labute approximate surface area is 112 Å². The van der Waals surface area contributed by atoms with Crippen LogP contribution in [0, 0.1) is 0 Å². The molecule has 12 nitrogen and oxygen atoms in total. The third-order valence-corrected chi connectivity index (χ3v) is 2.73. The molecule has 20 heavy (non-hydrogen) atoms. The minimum absolute atomic E-state index is 1.24. The van der Waals surface area contributed by atoms with Gasteiger partial charge in [-0.05, 0) is 0 Å². The average Bonchev–Trinajstić information content (AvgIpc) is 2.29. The fourth-order valence-corrected chi connectivity index (χ4v) is 1.52. The Balaban J connectivity index is 4.38. The van der Waals surface area contributed by atoms with Gasteiger partial charge in [0.15, 0.2) is 5.78 Å². The Morgan fingerprint density at radius 1 is 1.00 bits per heavy atom. The molecule has 0 heterocycles. The van der Waals surface area contributed by atoms with Gasteiger partial charge in [-0.3, -0.25) is 4.79 Å². The number of carbonyl (C=O) groups excluding carboxylic acids is 1. The lowest BCUT2D eigenvalue weighted by atomic mass is 10.1. The van der Waals surface area contributed by atoms with E-state index in [1.807, 2.05) is 0 Å². The summed E-state index contributed by atoms with van der Waals surface area (Å²) in [6.45, 7) is -2.63. The number of aliphatic hydroxyl groups excluding tert-OH is 3. The van der Waals surface area contributed by atoms with Crippen LogP contribution < -0.4 is 19.6 Å². The Morgan fingerprint density at radius 2 is 1.45 bits per heavy atom. The monoisotopic (exact) mass is 336 g/mol. The maximum atomic E-state index is 11.1. The lowest BCUT2D eigenvalue weighted by molar-refractivity contribution is -0.344. The molecule has 0 radical (unpaired) electrons. The molecular formula is C6H10O12P2-4. The van der Waals surface area contributed by atoms with Gasteiger partial charge in [-0.15, -0.1) is 0 Å². The first-order valence-electron chi connectivity index (χ1n) is 4.73. The summed E-state index contributed by atoms with van der Waals surface area (Å²) < 4.78 is 27.3. The van der Waals surface area contributed by atoms with Gasteiger partial charge < -0.3 is 53.1 Å². The molecule has 3 N–H and O–H groups in total. The summed E-state index contributed by atoms with van der Waals surface area (Å²) in [5.41, 5.74) is 0. The number of Topliss-reactive ketones (excluding diaryl/α,β-unsaturated/α-hetero) is 1. The molecule has 120 valence electrons. The molecule has 0 aliphatic carbocycles. The Kier molecular flexibility index (Phi) is 7.60. The number of ketones is 1. The van der Waals surface area contributed by atoms with Crippen molar-refractivity contribution in [3.8, 4) is 0 Å². The Hall–Kier alpha value is -0.230. The SMILES string of the molecule is O=C(COP(=O)([O-])[O-])C(O)C(O)C(O)COP(=O)([O-])[O-]. The van der Waals surface area contributed by atoms with Gasteiger partial charge in [-0.25, -0.2) is 0 Å². The molecule has 0 saturated carbocycles. The third-order valence-electron chi connectivity index (χ3n) is 1.82. The van der Waals surface area contributed by atoms with E-state index >= 15 is 0 Å². The van der Waals surface area contributed by atoms with Gasteiger partial charge in [0.2, 0.25) is 0 Å². The van der Waals surface area contributed by atoms with Crippen LogP contribution in [0.15, 0.2) is 0 Å². The number of hydrogen-bond acceptors (Lipinski definition) is 12. The number of aliphatic hydroxyl groups is 3. The van der Waals surface area contributed by atoms with E-state index in [0.717, 1.165) is 0 Å². The Morgan fingerprint density at radius 3 is 1.85 bits per heavy atom. The fraction of sp³-hybridized carbons (Fsp3) is 0.833. The second-order valence-corrected chi connectivity index (χ2v) is 5.74. The molecule has 0 bridgehead atoms. The van der Waals surface area contributed by atoms with Crippen molar-refractivity contribution in [2.45, 2.75) is 18.3 Å². The van der Waals surface area contributed by atoms with E-state index in [1.54, 1.807) is 0 Å². The molecule has 0 rings (SSSR count). The summed E-state index contributed by atoms with van der Waals surface area (Å²) in [5, 5.41) is 27.5. The molecule has 0 aliphatic heterocycles. The molecule has 3 unspecified atom stereocenters. The first-order chi connectivity index (χ1) is 8.83. The lowest BCUT2D eigenvalue weighted by Crippen LogP contribution is -2.45. The topological polar surface area (TPSA) is 223 Å². The molecule has 0 aromatic rings. The number of phosphoric acid groups is 2. The minimum Gasteiger partial charge on any atom is -0.790 e. The molecule has 0 aliphatic rings. The summed E-state index contributed by atoms with van der Waals surface area (Å²) in [4.78, 5) is 51.4. The van der Waals surface area contributed by atoms with E-state index in [2.05, 4.69) is 9.05 Å². The predicted molar refractivity (Wildman–Crippen MR) is 50.1 cm³/mol. The number of carbonyl (C=O) groups is 1. The van der Waals surface area contributed by atoms with E-state index in [1.165, 1.54) is 0 Å². The van der Waals surface area contributed by atoms with Gasteiger partial charge in [-0.2, -0.15) is 0 Å². The summed E-state index contributed by atoms with van der Waals surface area (Å²) >= 11 is 0. The molecule has 0 saturated heterocycles. The predicted octanol–water partition coefficient (Wildman–Crippen LogP) is -5.67. The van der Waals surface area contributed by atoms with E-state index in [9.17, 15) is 38.6 Å². The first kappa shape index (κ1) is 19.8. The summed E-state index contributed by atoms with van der Waals surface area (Å²) in [6.07, 6.45) is -6.83. The largest absolute Gasteiger partial charge is 0.790 e. The van der Waals surface area contributed by atoms with Crippen molar-refractivity contribution in [3.05, 3.63) is 0 Å². The van der Waals surface area contributed by atoms with Gasteiger partial charge in [0, 0.05) is 0 Å². The quantitative estimate of drug-likeness (QED) is 0.335. The van der Waals surface area contributed by atoms with E-state index < -0.39 is 53.0 Å². The van der Waals surface area contributed by atoms with Crippen molar-refractivity contribution in [1.29, 1.82) is 0 Å². The highest BCUT2D eigenvalue weighted by Crippen LogP contribution is 2.26. The first-order valence-corrected chi connectivity index (χ1v) is 7.65. The van der Waals surface area contributed by atoms with Crippen molar-refractivity contribution >= 4 is 21.4 Å².